The summed E-state index contributed by atoms with van der Waals surface area (Å²) in [7, 11) is -3.69. The van der Waals surface area contributed by atoms with Crippen molar-refractivity contribution in [3.05, 3.63) is 0 Å². The maximum absolute atomic E-state index is 12.2. The Morgan fingerprint density at radius 2 is 2.24 bits per heavy atom. The Morgan fingerprint density at radius 3 is 2.82 bits per heavy atom. The summed E-state index contributed by atoms with van der Waals surface area (Å²) in [6.45, 7) is 1.42. The van der Waals surface area contributed by atoms with Gasteiger partial charge >= 0.3 is 5.97 Å². The summed E-state index contributed by atoms with van der Waals surface area (Å²) in [6.07, 6.45) is 0.949. The van der Waals surface area contributed by atoms with Crippen LogP contribution in [0.1, 0.15) is 12.8 Å². The highest BCUT2D eigenvalue weighted by Gasteiger charge is 2.43. The summed E-state index contributed by atoms with van der Waals surface area (Å²) in [5.41, 5.74) is -0.962. The van der Waals surface area contributed by atoms with Crippen LogP contribution < -0.4 is 5.32 Å². The SMILES string of the molecule is O=C(O)[C@@H]1CCCN1S(=O)(=O)C1CNCCO1. The van der Waals surface area contributed by atoms with Gasteiger partial charge in [0.2, 0.25) is 10.0 Å². The molecule has 0 aliphatic carbocycles. The Hall–Kier alpha value is -0.700. The highest BCUT2D eigenvalue weighted by molar-refractivity contribution is 7.89. The van der Waals surface area contributed by atoms with Crippen LogP contribution in [0.2, 0.25) is 0 Å². The van der Waals surface area contributed by atoms with E-state index in [1.807, 2.05) is 0 Å². The third-order valence-corrected chi connectivity index (χ3v) is 5.10. The van der Waals surface area contributed by atoms with Crippen molar-refractivity contribution in [2.75, 3.05) is 26.2 Å². The molecule has 0 bridgehead atoms. The first-order valence-corrected chi connectivity index (χ1v) is 7.09. The van der Waals surface area contributed by atoms with Crippen LogP contribution in [0.5, 0.6) is 0 Å². The first kappa shape index (κ1) is 12.7. The van der Waals surface area contributed by atoms with E-state index < -0.39 is 27.5 Å². The molecule has 2 N–H and O–H groups in total. The first-order chi connectivity index (χ1) is 8.03. The fourth-order valence-electron chi connectivity index (χ4n) is 2.18. The molecule has 2 aliphatic heterocycles. The lowest BCUT2D eigenvalue weighted by Gasteiger charge is -2.29. The van der Waals surface area contributed by atoms with Crippen LogP contribution in [0.3, 0.4) is 0 Å². The zero-order valence-electron chi connectivity index (χ0n) is 9.33. The summed E-state index contributed by atoms with van der Waals surface area (Å²) in [5.74, 6) is -1.09. The molecule has 0 radical (unpaired) electrons. The Morgan fingerprint density at radius 1 is 1.47 bits per heavy atom. The lowest BCUT2D eigenvalue weighted by molar-refractivity contribution is -0.140. The average molecular weight is 264 g/mol. The number of morpholine rings is 1. The molecular weight excluding hydrogens is 248 g/mol. The van der Waals surface area contributed by atoms with Gasteiger partial charge in [-0.25, -0.2) is 8.42 Å². The van der Waals surface area contributed by atoms with E-state index in [0.29, 0.717) is 26.0 Å². The van der Waals surface area contributed by atoms with E-state index in [0.717, 1.165) is 4.31 Å². The van der Waals surface area contributed by atoms with Gasteiger partial charge in [0, 0.05) is 19.6 Å². The van der Waals surface area contributed by atoms with Crippen molar-refractivity contribution in [2.45, 2.75) is 24.3 Å². The summed E-state index contributed by atoms with van der Waals surface area (Å²) in [6, 6.07) is -0.939. The van der Waals surface area contributed by atoms with Gasteiger partial charge < -0.3 is 15.2 Å². The summed E-state index contributed by atoms with van der Waals surface area (Å²) in [5, 5.41) is 11.9. The molecule has 0 spiro atoms. The third-order valence-electron chi connectivity index (χ3n) is 3.04. The van der Waals surface area contributed by atoms with Gasteiger partial charge in [0.1, 0.15) is 6.04 Å². The molecule has 0 saturated carbocycles. The van der Waals surface area contributed by atoms with Gasteiger partial charge in [0.25, 0.3) is 0 Å². The second-order valence-electron chi connectivity index (χ2n) is 4.16. The van der Waals surface area contributed by atoms with E-state index in [1.165, 1.54) is 0 Å². The number of hydrogen-bond acceptors (Lipinski definition) is 5. The molecule has 98 valence electrons. The van der Waals surface area contributed by atoms with Crippen molar-refractivity contribution in [3.8, 4) is 0 Å². The molecule has 0 aromatic carbocycles. The minimum absolute atomic E-state index is 0.213. The predicted molar refractivity (Wildman–Crippen MR) is 58.9 cm³/mol. The molecular formula is C9H16N2O5S. The van der Waals surface area contributed by atoms with Crippen LogP contribution in [0.25, 0.3) is 0 Å². The molecule has 0 aromatic heterocycles. The minimum Gasteiger partial charge on any atom is -0.480 e. The van der Waals surface area contributed by atoms with Gasteiger partial charge in [-0.2, -0.15) is 4.31 Å². The number of hydrogen-bond donors (Lipinski definition) is 2. The van der Waals surface area contributed by atoms with Gasteiger partial charge in [-0.1, -0.05) is 0 Å². The smallest absolute Gasteiger partial charge is 0.322 e. The fourth-order valence-corrected chi connectivity index (χ4v) is 4.01. The molecule has 8 heteroatoms. The minimum atomic E-state index is -3.69. The molecule has 0 aromatic rings. The number of carboxylic acids is 1. The Labute approximate surface area is 99.8 Å². The number of carboxylic acid groups (broad SMARTS) is 1. The maximum Gasteiger partial charge on any atom is 0.322 e. The number of carbonyl (C=O) groups is 1. The second kappa shape index (κ2) is 4.89. The molecule has 2 aliphatic rings. The summed E-state index contributed by atoms with van der Waals surface area (Å²) in [4.78, 5) is 11.0. The fraction of sp³-hybridized carbons (Fsp3) is 0.889. The van der Waals surface area contributed by atoms with Crippen LogP contribution in [-0.2, 0) is 19.6 Å². The van der Waals surface area contributed by atoms with E-state index in [4.69, 9.17) is 9.84 Å². The van der Waals surface area contributed by atoms with Crippen molar-refractivity contribution in [2.24, 2.45) is 0 Å². The summed E-state index contributed by atoms with van der Waals surface area (Å²) < 4.78 is 30.7. The van der Waals surface area contributed by atoms with E-state index in [1.54, 1.807) is 0 Å². The lowest BCUT2D eigenvalue weighted by atomic mass is 10.2. The quantitative estimate of drug-likeness (QED) is 0.665. The molecule has 1 unspecified atom stereocenters. The highest BCUT2D eigenvalue weighted by atomic mass is 32.2. The second-order valence-corrected chi connectivity index (χ2v) is 6.18. The van der Waals surface area contributed by atoms with Gasteiger partial charge in [0.15, 0.2) is 5.44 Å². The molecule has 7 nitrogen and oxygen atoms in total. The van der Waals surface area contributed by atoms with E-state index >= 15 is 0 Å². The van der Waals surface area contributed by atoms with Gasteiger partial charge in [-0.15, -0.1) is 0 Å². The van der Waals surface area contributed by atoms with Gasteiger partial charge in [-0.3, -0.25) is 4.79 Å². The monoisotopic (exact) mass is 264 g/mol. The number of sulfonamides is 1. The van der Waals surface area contributed by atoms with Crippen LogP contribution >= 0.6 is 0 Å². The average Bonchev–Trinajstić information content (AvgIpc) is 2.80. The van der Waals surface area contributed by atoms with Gasteiger partial charge in [0.05, 0.1) is 6.61 Å². The van der Waals surface area contributed by atoms with E-state index in [9.17, 15) is 13.2 Å². The van der Waals surface area contributed by atoms with Crippen molar-refractivity contribution < 1.29 is 23.1 Å². The zero-order chi connectivity index (χ0) is 12.5. The number of nitrogens with zero attached hydrogens (tertiary/aromatic N) is 1. The maximum atomic E-state index is 12.2. The Bertz CT molecular complexity index is 390. The topological polar surface area (TPSA) is 95.9 Å². The van der Waals surface area contributed by atoms with Crippen molar-refractivity contribution in [1.29, 1.82) is 0 Å². The van der Waals surface area contributed by atoms with Crippen LogP contribution in [0.15, 0.2) is 0 Å². The predicted octanol–water partition coefficient (Wildman–Crippen LogP) is -1.19. The molecule has 2 atom stereocenters. The largest absolute Gasteiger partial charge is 0.480 e. The Balaban J connectivity index is 2.16. The number of ether oxygens (including phenoxy) is 1. The third kappa shape index (κ3) is 2.44. The van der Waals surface area contributed by atoms with Crippen LogP contribution in [0.4, 0.5) is 0 Å². The molecule has 2 fully saturated rings. The normalized spacial score (nSPS) is 31.5. The van der Waals surface area contributed by atoms with Crippen molar-refractivity contribution >= 4 is 16.0 Å². The van der Waals surface area contributed by atoms with Crippen LogP contribution in [0, 0.1) is 0 Å². The number of nitrogens with one attached hydrogen (secondary N) is 1. The molecule has 0 amide bonds. The zero-order valence-corrected chi connectivity index (χ0v) is 10.1. The first-order valence-electron chi connectivity index (χ1n) is 5.59. The highest BCUT2D eigenvalue weighted by Crippen LogP contribution is 2.24. The lowest BCUT2D eigenvalue weighted by Crippen LogP contribution is -2.51. The van der Waals surface area contributed by atoms with E-state index in [-0.39, 0.29) is 13.1 Å². The Kier molecular flexibility index (Phi) is 3.67. The van der Waals surface area contributed by atoms with Crippen molar-refractivity contribution in [1.82, 2.24) is 9.62 Å². The molecule has 2 rings (SSSR count). The van der Waals surface area contributed by atoms with Crippen molar-refractivity contribution in [3.63, 3.8) is 0 Å². The van der Waals surface area contributed by atoms with E-state index in [2.05, 4.69) is 5.32 Å². The summed E-state index contributed by atoms with van der Waals surface area (Å²) >= 11 is 0. The standard InChI is InChI=1S/C9H16N2O5S/c12-9(13)7-2-1-4-11(7)17(14,15)8-6-10-3-5-16-8/h7-8,10H,1-6H2,(H,12,13)/t7-,8?/m0/s1. The number of aliphatic carboxylic acids is 1. The molecule has 2 saturated heterocycles. The van der Waals surface area contributed by atoms with Gasteiger partial charge in [-0.05, 0) is 12.8 Å². The molecule has 17 heavy (non-hydrogen) atoms. The number of rotatable bonds is 3. The van der Waals surface area contributed by atoms with Crippen LogP contribution in [-0.4, -0.2) is 61.5 Å². The molecule has 2 heterocycles.